The van der Waals surface area contributed by atoms with Crippen LogP contribution in [0.15, 0.2) is 24.5 Å². The molecule has 0 unspecified atom stereocenters. The van der Waals surface area contributed by atoms with E-state index in [0.29, 0.717) is 6.54 Å². The van der Waals surface area contributed by atoms with Gasteiger partial charge >= 0.3 is 0 Å². The molecule has 1 aromatic heterocycles. The standard InChI is InChI=1S/C14H21N3O2/c1-11(12-3-2-6-15-9-12)16-10-14(18)17-13-4-7-19-8-5-13/h2-3,6,9,11,13,16H,4-5,7-8,10H2,1H3,(H,17,18)/t11-/m1/s1. The van der Waals surface area contributed by atoms with E-state index < -0.39 is 0 Å². The van der Waals surface area contributed by atoms with Crippen molar-refractivity contribution in [2.75, 3.05) is 19.8 Å². The minimum absolute atomic E-state index is 0.0441. The molecule has 0 saturated carbocycles. The molecule has 1 aliphatic heterocycles. The van der Waals surface area contributed by atoms with Crippen molar-refractivity contribution in [1.82, 2.24) is 15.6 Å². The second kappa shape index (κ2) is 7.21. The zero-order valence-electron chi connectivity index (χ0n) is 11.3. The van der Waals surface area contributed by atoms with Gasteiger partial charge in [0.2, 0.25) is 5.91 Å². The van der Waals surface area contributed by atoms with Crippen molar-refractivity contribution in [3.8, 4) is 0 Å². The van der Waals surface area contributed by atoms with Crippen molar-refractivity contribution in [3.63, 3.8) is 0 Å². The van der Waals surface area contributed by atoms with Gasteiger partial charge in [-0.1, -0.05) is 6.07 Å². The molecule has 1 saturated heterocycles. The summed E-state index contributed by atoms with van der Waals surface area (Å²) in [4.78, 5) is 15.9. The predicted molar refractivity (Wildman–Crippen MR) is 72.6 cm³/mol. The maximum absolute atomic E-state index is 11.8. The van der Waals surface area contributed by atoms with Crippen LogP contribution in [0.3, 0.4) is 0 Å². The number of hydrogen-bond donors (Lipinski definition) is 2. The lowest BCUT2D eigenvalue weighted by Gasteiger charge is -2.23. The minimum Gasteiger partial charge on any atom is -0.381 e. The fourth-order valence-corrected chi connectivity index (χ4v) is 2.12. The Morgan fingerprint density at radius 3 is 3.00 bits per heavy atom. The van der Waals surface area contributed by atoms with Gasteiger partial charge in [-0.2, -0.15) is 0 Å². The first-order valence-electron chi connectivity index (χ1n) is 6.76. The van der Waals surface area contributed by atoms with Crippen molar-refractivity contribution >= 4 is 5.91 Å². The Morgan fingerprint density at radius 2 is 2.32 bits per heavy atom. The van der Waals surface area contributed by atoms with Crippen molar-refractivity contribution in [1.29, 1.82) is 0 Å². The van der Waals surface area contributed by atoms with E-state index in [1.54, 1.807) is 6.20 Å². The topological polar surface area (TPSA) is 63.2 Å². The number of nitrogens with zero attached hydrogens (tertiary/aromatic N) is 1. The van der Waals surface area contributed by atoms with Crippen LogP contribution in [-0.4, -0.2) is 36.7 Å². The van der Waals surface area contributed by atoms with Crippen LogP contribution >= 0.6 is 0 Å². The maximum Gasteiger partial charge on any atom is 0.234 e. The molecule has 1 aliphatic rings. The van der Waals surface area contributed by atoms with Gasteiger partial charge in [-0.05, 0) is 31.4 Å². The second-order valence-corrected chi connectivity index (χ2v) is 4.84. The highest BCUT2D eigenvalue weighted by atomic mass is 16.5. The quantitative estimate of drug-likeness (QED) is 0.833. The maximum atomic E-state index is 11.8. The van der Waals surface area contributed by atoms with Crippen molar-refractivity contribution in [2.45, 2.75) is 31.8 Å². The first kappa shape index (κ1) is 14.0. The van der Waals surface area contributed by atoms with Crippen LogP contribution in [0.25, 0.3) is 0 Å². The van der Waals surface area contributed by atoms with E-state index in [4.69, 9.17) is 4.74 Å². The summed E-state index contributed by atoms with van der Waals surface area (Å²) in [6.45, 7) is 3.83. The molecule has 0 aliphatic carbocycles. The average Bonchev–Trinajstić information content (AvgIpc) is 2.47. The number of pyridine rings is 1. The molecule has 19 heavy (non-hydrogen) atoms. The largest absolute Gasteiger partial charge is 0.381 e. The fraction of sp³-hybridized carbons (Fsp3) is 0.571. The van der Waals surface area contributed by atoms with Gasteiger partial charge in [-0.15, -0.1) is 0 Å². The van der Waals surface area contributed by atoms with Crippen molar-refractivity contribution < 1.29 is 9.53 Å². The normalized spacial score (nSPS) is 17.9. The molecular weight excluding hydrogens is 242 g/mol. The van der Waals surface area contributed by atoms with E-state index >= 15 is 0 Å². The van der Waals surface area contributed by atoms with Gasteiger partial charge in [0.25, 0.3) is 0 Å². The molecule has 2 rings (SSSR count). The molecule has 104 valence electrons. The average molecular weight is 263 g/mol. The Kier molecular flexibility index (Phi) is 5.30. The number of nitrogens with one attached hydrogen (secondary N) is 2. The highest BCUT2D eigenvalue weighted by Gasteiger charge is 2.16. The molecule has 0 spiro atoms. The Bertz CT molecular complexity index is 391. The zero-order valence-corrected chi connectivity index (χ0v) is 11.3. The molecule has 1 atom stereocenters. The lowest BCUT2D eigenvalue weighted by molar-refractivity contribution is -0.121. The van der Waals surface area contributed by atoms with Gasteiger partial charge in [0, 0.05) is 37.7 Å². The van der Waals surface area contributed by atoms with Gasteiger partial charge in [0.15, 0.2) is 0 Å². The van der Waals surface area contributed by atoms with Gasteiger partial charge in [0.1, 0.15) is 0 Å². The van der Waals surface area contributed by atoms with Gasteiger partial charge in [-0.25, -0.2) is 0 Å². The van der Waals surface area contributed by atoms with E-state index in [1.165, 1.54) is 0 Å². The van der Waals surface area contributed by atoms with Crippen LogP contribution < -0.4 is 10.6 Å². The smallest absolute Gasteiger partial charge is 0.234 e. The zero-order chi connectivity index (χ0) is 13.5. The molecule has 0 radical (unpaired) electrons. The first-order chi connectivity index (χ1) is 9.25. The predicted octanol–water partition coefficient (Wildman–Crippen LogP) is 1.03. The molecule has 1 amide bonds. The van der Waals surface area contributed by atoms with Crippen LogP contribution in [0.5, 0.6) is 0 Å². The molecule has 2 N–H and O–H groups in total. The lowest BCUT2D eigenvalue weighted by atomic mass is 10.1. The van der Waals surface area contributed by atoms with Crippen molar-refractivity contribution in [2.24, 2.45) is 0 Å². The number of hydrogen-bond acceptors (Lipinski definition) is 4. The van der Waals surface area contributed by atoms with Crippen LogP contribution in [0, 0.1) is 0 Å². The number of ether oxygens (including phenoxy) is 1. The number of rotatable bonds is 5. The lowest BCUT2D eigenvalue weighted by Crippen LogP contribution is -2.43. The molecule has 1 fully saturated rings. The third kappa shape index (κ3) is 4.61. The third-order valence-corrected chi connectivity index (χ3v) is 3.34. The number of carbonyl (C=O) groups excluding carboxylic acids is 1. The third-order valence-electron chi connectivity index (χ3n) is 3.34. The van der Waals surface area contributed by atoms with E-state index in [9.17, 15) is 4.79 Å². The molecule has 0 bridgehead atoms. The number of carbonyl (C=O) groups is 1. The Morgan fingerprint density at radius 1 is 1.53 bits per heavy atom. The summed E-state index contributed by atoms with van der Waals surface area (Å²) in [5.74, 6) is 0.0441. The minimum atomic E-state index is 0.0441. The van der Waals surface area contributed by atoms with Gasteiger partial charge in [0.05, 0.1) is 6.54 Å². The molecule has 2 heterocycles. The summed E-state index contributed by atoms with van der Waals surface area (Å²) in [7, 11) is 0. The summed E-state index contributed by atoms with van der Waals surface area (Å²) < 4.78 is 5.26. The SMILES string of the molecule is C[C@@H](NCC(=O)NC1CCOCC1)c1cccnc1. The van der Waals surface area contributed by atoms with Gasteiger partial charge < -0.3 is 15.4 Å². The van der Waals surface area contributed by atoms with Crippen LogP contribution in [0.1, 0.15) is 31.4 Å². The first-order valence-corrected chi connectivity index (χ1v) is 6.76. The van der Waals surface area contributed by atoms with E-state index in [0.717, 1.165) is 31.6 Å². The van der Waals surface area contributed by atoms with Gasteiger partial charge in [-0.3, -0.25) is 9.78 Å². The summed E-state index contributed by atoms with van der Waals surface area (Å²) in [6.07, 6.45) is 5.37. The summed E-state index contributed by atoms with van der Waals surface area (Å²) in [5.41, 5.74) is 1.08. The van der Waals surface area contributed by atoms with Crippen LogP contribution in [0.2, 0.25) is 0 Å². The van der Waals surface area contributed by atoms with Crippen LogP contribution in [-0.2, 0) is 9.53 Å². The monoisotopic (exact) mass is 263 g/mol. The molecule has 5 heteroatoms. The number of aromatic nitrogens is 1. The van der Waals surface area contributed by atoms with E-state index in [-0.39, 0.29) is 18.0 Å². The summed E-state index contributed by atoms with van der Waals surface area (Å²) >= 11 is 0. The van der Waals surface area contributed by atoms with Crippen molar-refractivity contribution in [3.05, 3.63) is 30.1 Å². The molecule has 5 nitrogen and oxygen atoms in total. The Balaban J connectivity index is 1.71. The summed E-state index contributed by atoms with van der Waals surface area (Å²) in [5, 5.41) is 6.23. The highest BCUT2D eigenvalue weighted by Crippen LogP contribution is 2.09. The summed E-state index contributed by atoms with van der Waals surface area (Å²) in [6, 6.07) is 4.28. The molecule has 0 aromatic carbocycles. The fourth-order valence-electron chi connectivity index (χ4n) is 2.12. The van der Waals surface area contributed by atoms with Crippen LogP contribution in [0.4, 0.5) is 0 Å². The second-order valence-electron chi connectivity index (χ2n) is 4.84. The van der Waals surface area contributed by atoms with E-state index in [2.05, 4.69) is 15.6 Å². The molecule has 1 aromatic rings. The number of amides is 1. The Hall–Kier alpha value is -1.46. The highest BCUT2D eigenvalue weighted by molar-refractivity contribution is 5.78. The van der Waals surface area contributed by atoms with E-state index in [1.807, 2.05) is 25.3 Å². The Labute approximate surface area is 113 Å². The molecular formula is C14H21N3O2.